The molecule has 2 aliphatic rings. The van der Waals surface area contributed by atoms with Gasteiger partial charge in [-0.25, -0.2) is 0 Å². The maximum absolute atomic E-state index is 12.5. The Labute approximate surface area is 132 Å². The molecule has 0 bridgehead atoms. The molecule has 22 heavy (non-hydrogen) atoms. The van der Waals surface area contributed by atoms with Crippen LogP contribution in [0, 0.1) is 5.92 Å². The molecule has 2 atom stereocenters. The second-order valence-electron chi connectivity index (χ2n) is 6.43. The van der Waals surface area contributed by atoms with Crippen molar-refractivity contribution in [1.29, 1.82) is 0 Å². The zero-order chi connectivity index (χ0) is 15.5. The van der Waals surface area contributed by atoms with Gasteiger partial charge < -0.3 is 14.4 Å². The molecule has 1 heterocycles. The Bertz CT molecular complexity index is 527. The smallest absolute Gasteiger partial charge is 0.223 e. The lowest BCUT2D eigenvalue weighted by Crippen LogP contribution is -2.49. The van der Waals surface area contributed by atoms with E-state index >= 15 is 0 Å². The fourth-order valence-electron chi connectivity index (χ4n) is 3.23. The molecule has 1 aliphatic heterocycles. The number of para-hydroxylation sites is 1. The molecule has 0 spiro atoms. The Balaban J connectivity index is 1.56. The number of methoxy groups -OCH3 is 1. The summed E-state index contributed by atoms with van der Waals surface area (Å²) in [5.41, 5.74) is 1.10. The maximum atomic E-state index is 12.5. The Morgan fingerprint density at radius 2 is 2.09 bits per heavy atom. The standard InChI is InChI=1S/C18H25NO3/c1-13-11-19(12-17(22-13)15-7-8-15)18(20)10-9-14-5-3-4-6-16(14)21-2/h3-6,13,15,17H,7-12H2,1-2H3/t13-,17-/m0/s1. The van der Waals surface area contributed by atoms with Crippen LogP contribution in [-0.2, 0) is 16.0 Å². The Morgan fingerprint density at radius 3 is 2.82 bits per heavy atom. The van der Waals surface area contributed by atoms with Crippen LogP contribution in [0.15, 0.2) is 24.3 Å². The second kappa shape index (κ2) is 6.69. The predicted octanol–water partition coefficient (Wildman–Crippen LogP) is 2.65. The molecule has 4 nitrogen and oxygen atoms in total. The molecule has 0 N–H and O–H groups in total. The van der Waals surface area contributed by atoms with Crippen LogP contribution in [0.5, 0.6) is 5.75 Å². The van der Waals surface area contributed by atoms with Crippen molar-refractivity contribution in [3.63, 3.8) is 0 Å². The van der Waals surface area contributed by atoms with Crippen LogP contribution in [0.25, 0.3) is 0 Å². The highest BCUT2D eigenvalue weighted by atomic mass is 16.5. The van der Waals surface area contributed by atoms with E-state index in [1.807, 2.05) is 29.2 Å². The molecule has 0 radical (unpaired) electrons. The molecule has 4 heteroatoms. The minimum Gasteiger partial charge on any atom is -0.496 e. The van der Waals surface area contributed by atoms with Gasteiger partial charge in [-0.2, -0.15) is 0 Å². The third kappa shape index (κ3) is 3.61. The maximum Gasteiger partial charge on any atom is 0.223 e. The summed E-state index contributed by atoms with van der Waals surface area (Å²) < 4.78 is 11.3. The summed E-state index contributed by atoms with van der Waals surface area (Å²) in [5, 5.41) is 0. The van der Waals surface area contributed by atoms with Crippen LogP contribution in [0.4, 0.5) is 0 Å². The van der Waals surface area contributed by atoms with E-state index in [0.717, 1.165) is 24.3 Å². The molecule has 1 aromatic carbocycles. The van der Waals surface area contributed by atoms with Gasteiger partial charge in [0.2, 0.25) is 5.91 Å². The Morgan fingerprint density at radius 1 is 1.32 bits per heavy atom. The first-order valence-corrected chi connectivity index (χ1v) is 8.22. The number of rotatable bonds is 5. The largest absolute Gasteiger partial charge is 0.496 e. The molecule has 120 valence electrons. The second-order valence-corrected chi connectivity index (χ2v) is 6.43. The molecule has 1 aliphatic carbocycles. The van der Waals surface area contributed by atoms with Gasteiger partial charge in [0.1, 0.15) is 5.75 Å². The number of hydrogen-bond acceptors (Lipinski definition) is 3. The molecule has 3 rings (SSSR count). The third-order valence-corrected chi connectivity index (χ3v) is 4.59. The molecular weight excluding hydrogens is 278 g/mol. The number of hydrogen-bond donors (Lipinski definition) is 0. The van der Waals surface area contributed by atoms with E-state index in [4.69, 9.17) is 9.47 Å². The number of aryl methyl sites for hydroxylation is 1. The average Bonchev–Trinajstić information content (AvgIpc) is 3.37. The predicted molar refractivity (Wildman–Crippen MR) is 85.0 cm³/mol. The van der Waals surface area contributed by atoms with Gasteiger partial charge in [0, 0.05) is 19.5 Å². The monoisotopic (exact) mass is 303 g/mol. The van der Waals surface area contributed by atoms with Crippen LogP contribution in [0.2, 0.25) is 0 Å². The molecule has 1 amide bonds. The van der Waals surface area contributed by atoms with E-state index in [1.165, 1.54) is 12.8 Å². The van der Waals surface area contributed by atoms with E-state index in [9.17, 15) is 4.79 Å². The van der Waals surface area contributed by atoms with E-state index in [0.29, 0.717) is 18.9 Å². The van der Waals surface area contributed by atoms with Crippen molar-refractivity contribution in [2.24, 2.45) is 5.92 Å². The minimum atomic E-state index is 0.148. The van der Waals surface area contributed by atoms with E-state index < -0.39 is 0 Å². The van der Waals surface area contributed by atoms with Crippen molar-refractivity contribution in [3.8, 4) is 5.75 Å². The summed E-state index contributed by atoms with van der Waals surface area (Å²) in [4.78, 5) is 14.5. The molecule has 1 aromatic rings. The quantitative estimate of drug-likeness (QED) is 0.839. The lowest BCUT2D eigenvalue weighted by Gasteiger charge is -2.37. The first-order valence-electron chi connectivity index (χ1n) is 8.22. The van der Waals surface area contributed by atoms with Crippen molar-refractivity contribution in [2.75, 3.05) is 20.2 Å². The van der Waals surface area contributed by atoms with Gasteiger partial charge >= 0.3 is 0 Å². The van der Waals surface area contributed by atoms with E-state index in [1.54, 1.807) is 7.11 Å². The molecule has 0 unspecified atom stereocenters. The van der Waals surface area contributed by atoms with Gasteiger partial charge in [0.25, 0.3) is 0 Å². The molecular formula is C18H25NO3. The van der Waals surface area contributed by atoms with Crippen LogP contribution in [-0.4, -0.2) is 43.2 Å². The minimum absolute atomic E-state index is 0.148. The van der Waals surface area contributed by atoms with Crippen LogP contribution in [0.1, 0.15) is 31.7 Å². The highest BCUT2D eigenvalue weighted by Gasteiger charge is 2.38. The van der Waals surface area contributed by atoms with Gasteiger partial charge in [-0.05, 0) is 43.7 Å². The van der Waals surface area contributed by atoms with Crippen molar-refractivity contribution in [2.45, 2.75) is 44.8 Å². The third-order valence-electron chi connectivity index (χ3n) is 4.59. The normalized spacial score (nSPS) is 25.1. The molecule has 1 saturated carbocycles. The molecule has 2 fully saturated rings. The number of carbonyl (C=O) groups is 1. The van der Waals surface area contributed by atoms with Crippen molar-refractivity contribution >= 4 is 5.91 Å². The van der Waals surface area contributed by atoms with Gasteiger partial charge in [-0.3, -0.25) is 4.79 Å². The van der Waals surface area contributed by atoms with Crippen LogP contribution < -0.4 is 4.74 Å². The Hall–Kier alpha value is -1.55. The highest BCUT2D eigenvalue weighted by molar-refractivity contribution is 5.76. The van der Waals surface area contributed by atoms with E-state index in [2.05, 4.69) is 6.92 Å². The number of carbonyl (C=O) groups excluding carboxylic acids is 1. The number of amides is 1. The summed E-state index contributed by atoms with van der Waals surface area (Å²) >= 11 is 0. The number of ether oxygens (including phenoxy) is 2. The Kier molecular flexibility index (Phi) is 4.67. The average molecular weight is 303 g/mol. The van der Waals surface area contributed by atoms with Crippen LogP contribution in [0.3, 0.4) is 0 Å². The van der Waals surface area contributed by atoms with Crippen molar-refractivity contribution in [3.05, 3.63) is 29.8 Å². The first-order chi connectivity index (χ1) is 10.7. The lowest BCUT2D eigenvalue weighted by atomic mass is 10.1. The SMILES string of the molecule is COc1ccccc1CCC(=O)N1C[C@@H](C2CC2)O[C@@H](C)C1. The van der Waals surface area contributed by atoms with Crippen molar-refractivity contribution < 1.29 is 14.3 Å². The highest BCUT2D eigenvalue weighted by Crippen LogP contribution is 2.36. The van der Waals surface area contributed by atoms with Gasteiger partial charge in [0.15, 0.2) is 0 Å². The number of morpholine rings is 1. The summed E-state index contributed by atoms with van der Waals surface area (Å²) in [5.74, 6) is 1.76. The molecule has 0 aromatic heterocycles. The van der Waals surface area contributed by atoms with Gasteiger partial charge in [0.05, 0.1) is 19.3 Å². The first kappa shape index (κ1) is 15.3. The van der Waals surface area contributed by atoms with E-state index in [-0.39, 0.29) is 18.1 Å². The van der Waals surface area contributed by atoms with Gasteiger partial charge in [-0.15, -0.1) is 0 Å². The summed E-state index contributed by atoms with van der Waals surface area (Å²) in [7, 11) is 1.67. The van der Waals surface area contributed by atoms with Crippen molar-refractivity contribution in [1.82, 2.24) is 4.90 Å². The zero-order valence-corrected chi connectivity index (χ0v) is 13.5. The topological polar surface area (TPSA) is 38.8 Å². The summed E-state index contributed by atoms with van der Waals surface area (Å²) in [6, 6.07) is 7.91. The number of nitrogens with zero attached hydrogens (tertiary/aromatic N) is 1. The number of benzene rings is 1. The summed E-state index contributed by atoms with van der Waals surface area (Å²) in [6.45, 7) is 3.54. The fraction of sp³-hybridized carbons (Fsp3) is 0.611. The van der Waals surface area contributed by atoms with Crippen LogP contribution >= 0.6 is 0 Å². The summed E-state index contributed by atoms with van der Waals surface area (Å²) in [6.07, 6.45) is 4.16. The lowest BCUT2D eigenvalue weighted by molar-refractivity contribution is -0.145. The fourth-order valence-corrected chi connectivity index (χ4v) is 3.23. The zero-order valence-electron chi connectivity index (χ0n) is 13.5. The van der Waals surface area contributed by atoms with Gasteiger partial charge in [-0.1, -0.05) is 18.2 Å². The molecule has 1 saturated heterocycles.